The van der Waals surface area contributed by atoms with Crippen LogP contribution in [-0.4, -0.2) is 41.8 Å². The summed E-state index contributed by atoms with van der Waals surface area (Å²) < 4.78 is 17.7. The third kappa shape index (κ3) is 3.98. The number of anilines is 2. The number of carbonyl (C=O) groups excluding carboxylic acids is 1. The Balaban J connectivity index is 1.49. The number of methoxy groups -OCH3 is 3. The van der Waals surface area contributed by atoms with Gasteiger partial charge < -0.3 is 25.3 Å². The third-order valence-corrected chi connectivity index (χ3v) is 5.92. The maximum atomic E-state index is 13.0. The van der Waals surface area contributed by atoms with Crippen LogP contribution < -0.4 is 25.3 Å². The Labute approximate surface area is 211 Å². The molecule has 0 bridgehead atoms. The van der Waals surface area contributed by atoms with Crippen LogP contribution in [0.2, 0.25) is 0 Å². The Morgan fingerprint density at radius 2 is 1.57 bits per heavy atom. The Hall–Kier alpha value is -5.30. The molecule has 1 amide bonds. The van der Waals surface area contributed by atoms with Gasteiger partial charge in [0.1, 0.15) is 23.0 Å². The largest absolute Gasteiger partial charge is 0.493 e. The van der Waals surface area contributed by atoms with E-state index in [9.17, 15) is 10.1 Å². The predicted molar refractivity (Wildman–Crippen MR) is 140 cm³/mol. The van der Waals surface area contributed by atoms with Gasteiger partial charge in [-0.3, -0.25) is 9.36 Å². The van der Waals surface area contributed by atoms with Gasteiger partial charge in [0.25, 0.3) is 5.91 Å². The second-order valence-electron chi connectivity index (χ2n) is 8.01. The zero-order valence-corrected chi connectivity index (χ0v) is 20.3. The molecule has 0 spiro atoms. The molecule has 37 heavy (non-hydrogen) atoms. The van der Waals surface area contributed by atoms with Gasteiger partial charge in [0.05, 0.1) is 32.4 Å². The molecule has 10 heteroatoms. The molecular weight excluding hydrogens is 472 g/mol. The van der Waals surface area contributed by atoms with Crippen LogP contribution in [0.3, 0.4) is 0 Å². The van der Waals surface area contributed by atoms with Gasteiger partial charge in [-0.15, -0.1) is 0 Å². The van der Waals surface area contributed by atoms with Gasteiger partial charge in [0, 0.05) is 16.9 Å². The van der Waals surface area contributed by atoms with Gasteiger partial charge in [0.15, 0.2) is 17.1 Å². The number of amides is 1. The number of nitrogens with one attached hydrogen (secondary N) is 1. The zero-order chi connectivity index (χ0) is 26.1. The van der Waals surface area contributed by atoms with E-state index in [1.54, 1.807) is 41.0 Å². The molecule has 5 rings (SSSR count). The van der Waals surface area contributed by atoms with E-state index in [1.165, 1.54) is 21.3 Å². The minimum atomic E-state index is -0.359. The highest BCUT2D eigenvalue weighted by Crippen LogP contribution is 2.38. The van der Waals surface area contributed by atoms with E-state index in [4.69, 9.17) is 24.9 Å². The second kappa shape index (κ2) is 9.39. The van der Waals surface area contributed by atoms with Gasteiger partial charge in [-0.2, -0.15) is 5.26 Å². The quantitative estimate of drug-likeness (QED) is 0.356. The van der Waals surface area contributed by atoms with E-state index in [1.807, 2.05) is 24.3 Å². The van der Waals surface area contributed by atoms with Gasteiger partial charge in [0.2, 0.25) is 5.75 Å². The van der Waals surface area contributed by atoms with Crippen molar-refractivity contribution in [3.63, 3.8) is 0 Å². The SMILES string of the molecule is COc1cc(C(=O)Nc2ccc(-n3c(N)c(C#N)c4nc5ccccc5nc43)cc2)cc(OC)c1OC. The lowest BCUT2D eigenvalue weighted by atomic mass is 10.1. The second-order valence-corrected chi connectivity index (χ2v) is 8.01. The molecule has 0 saturated carbocycles. The summed E-state index contributed by atoms with van der Waals surface area (Å²) in [5.74, 6) is 1.03. The number of fused-ring (bicyclic) bond motifs is 2. The van der Waals surface area contributed by atoms with Crippen molar-refractivity contribution in [2.75, 3.05) is 32.4 Å². The van der Waals surface area contributed by atoms with Crippen LogP contribution in [0.25, 0.3) is 27.9 Å². The first-order valence-corrected chi connectivity index (χ1v) is 11.2. The molecule has 0 aliphatic heterocycles. The van der Waals surface area contributed by atoms with Crippen molar-refractivity contribution in [1.29, 1.82) is 5.26 Å². The van der Waals surface area contributed by atoms with Gasteiger partial charge in [-0.05, 0) is 48.5 Å². The fraction of sp³-hybridized carbons (Fsp3) is 0.111. The number of benzene rings is 3. The number of nitriles is 1. The molecule has 0 atom stereocenters. The Morgan fingerprint density at radius 3 is 2.14 bits per heavy atom. The first kappa shape index (κ1) is 23.4. The number of para-hydroxylation sites is 2. The first-order chi connectivity index (χ1) is 18.0. The summed E-state index contributed by atoms with van der Waals surface area (Å²) in [7, 11) is 4.47. The van der Waals surface area contributed by atoms with Gasteiger partial charge in [-0.1, -0.05) is 12.1 Å². The van der Waals surface area contributed by atoms with Crippen molar-refractivity contribution >= 4 is 39.6 Å². The van der Waals surface area contributed by atoms with E-state index < -0.39 is 0 Å². The zero-order valence-electron chi connectivity index (χ0n) is 20.3. The molecule has 0 unspecified atom stereocenters. The Bertz CT molecular complexity index is 1680. The molecule has 0 radical (unpaired) electrons. The number of hydrogen-bond donors (Lipinski definition) is 2. The molecule has 0 aliphatic rings. The molecule has 2 aromatic heterocycles. The monoisotopic (exact) mass is 494 g/mol. The number of aromatic nitrogens is 3. The first-order valence-electron chi connectivity index (χ1n) is 11.2. The number of rotatable bonds is 6. The normalized spacial score (nSPS) is 10.8. The van der Waals surface area contributed by atoms with Crippen molar-refractivity contribution in [3.05, 3.63) is 71.8 Å². The number of carbonyl (C=O) groups is 1. The average Bonchev–Trinajstić information content (AvgIpc) is 3.20. The van der Waals surface area contributed by atoms with E-state index in [-0.39, 0.29) is 17.3 Å². The highest BCUT2D eigenvalue weighted by molar-refractivity contribution is 6.05. The molecule has 0 aliphatic carbocycles. The van der Waals surface area contributed by atoms with E-state index in [0.29, 0.717) is 56.4 Å². The topological polar surface area (TPSA) is 137 Å². The molecular formula is C27H22N6O4. The molecule has 3 aromatic carbocycles. The molecule has 0 fully saturated rings. The highest BCUT2D eigenvalue weighted by Gasteiger charge is 2.20. The maximum absolute atomic E-state index is 13.0. The van der Waals surface area contributed by atoms with E-state index in [0.717, 1.165) is 0 Å². The highest BCUT2D eigenvalue weighted by atomic mass is 16.5. The number of nitrogens with two attached hydrogens (primary N) is 1. The van der Waals surface area contributed by atoms with Crippen molar-refractivity contribution in [2.24, 2.45) is 0 Å². The predicted octanol–water partition coefficient (Wildman–Crippen LogP) is 4.31. The molecule has 3 N–H and O–H groups in total. The Kier molecular flexibility index (Phi) is 5.95. The van der Waals surface area contributed by atoms with Crippen LogP contribution in [0.5, 0.6) is 17.2 Å². The number of ether oxygens (including phenoxy) is 3. The van der Waals surface area contributed by atoms with Crippen molar-refractivity contribution in [1.82, 2.24) is 14.5 Å². The van der Waals surface area contributed by atoms with Crippen LogP contribution in [0, 0.1) is 11.3 Å². The van der Waals surface area contributed by atoms with Crippen molar-refractivity contribution < 1.29 is 19.0 Å². The maximum Gasteiger partial charge on any atom is 0.255 e. The van der Waals surface area contributed by atoms with Crippen LogP contribution >= 0.6 is 0 Å². The number of nitrogens with zero attached hydrogens (tertiary/aromatic N) is 4. The van der Waals surface area contributed by atoms with Gasteiger partial charge >= 0.3 is 0 Å². The van der Waals surface area contributed by atoms with Crippen LogP contribution in [0.1, 0.15) is 15.9 Å². The summed E-state index contributed by atoms with van der Waals surface area (Å²) in [5.41, 5.74) is 10.4. The molecule has 0 saturated heterocycles. The van der Waals surface area contributed by atoms with Gasteiger partial charge in [-0.25, -0.2) is 9.97 Å². The average molecular weight is 495 g/mol. The minimum Gasteiger partial charge on any atom is -0.493 e. The summed E-state index contributed by atoms with van der Waals surface area (Å²) in [5, 5.41) is 12.6. The molecule has 2 heterocycles. The summed E-state index contributed by atoms with van der Waals surface area (Å²) in [6, 6.07) is 19.7. The number of hydrogen-bond acceptors (Lipinski definition) is 8. The fourth-order valence-corrected chi connectivity index (χ4v) is 4.14. The van der Waals surface area contributed by atoms with E-state index in [2.05, 4.69) is 16.4 Å². The summed E-state index contributed by atoms with van der Waals surface area (Å²) in [6.07, 6.45) is 0. The molecule has 5 aromatic rings. The van der Waals surface area contributed by atoms with Crippen molar-refractivity contribution in [3.8, 4) is 29.0 Å². The summed E-state index contributed by atoms with van der Waals surface area (Å²) in [6.45, 7) is 0. The van der Waals surface area contributed by atoms with Crippen molar-refractivity contribution in [2.45, 2.75) is 0 Å². The van der Waals surface area contributed by atoms with Crippen LogP contribution in [0.15, 0.2) is 60.7 Å². The smallest absolute Gasteiger partial charge is 0.255 e. The lowest BCUT2D eigenvalue weighted by Crippen LogP contribution is -2.12. The molecule has 184 valence electrons. The number of nitrogen functional groups attached to an aromatic ring is 1. The summed E-state index contributed by atoms with van der Waals surface area (Å²) >= 11 is 0. The van der Waals surface area contributed by atoms with Crippen LogP contribution in [0.4, 0.5) is 11.5 Å². The van der Waals surface area contributed by atoms with Crippen LogP contribution in [-0.2, 0) is 0 Å². The molecule has 10 nitrogen and oxygen atoms in total. The Morgan fingerprint density at radius 1 is 0.946 bits per heavy atom. The minimum absolute atomic E-state index is 0.238. The standard InChI is InChI=1S/C27H22N6O4/c1-35-21-12-15(13-22(36-2)24(21)37-3)27(34)30-16-8-10-17(11-9-16)33-25(29)18(14-28)23-26(33)32-20-7-5-4-6-19(20)31-23/h4-13H,29H2,1-3H3,(H,30,34). The lowest BCUT2D eigenvalue weighted by molar-refractivity contribution is 0.102. The fourth-order valence-electron chi connectivity index (χ4n) is 4.14. The lowest BCUT2D eigenvalue weighted by Gasteiger charge is -2.14. The third-order valence-electron chi connectivity index (χ3n) is 5.92. The summed E-state index contributed by atoms with van der Waals surface area (Å²) in [4.78, 5) is 22.3. The van der Waals surface area contributed by atoms with E-state index >= 15 is 0 Å².